The summed E-state index contributed by atoms with van der Waals surface area (Å²) >= 11 is 0. The summed E-state index contributed by atoms with van der Waals surface area (Å²) in [6, 6.07) is -0.442. The first-order valence-corrected chi connectivity index (χ1v) is 8.10. The minimum atomic E-state index is -1.13. The van der Waals surface area contributed by atoms with Gasteiger partial charge < -0.3 is 15.3 Å². The Bertz CT molecular complexity index is 569. The summed E-state index contributed by atoms with van der Waals surface area (Å²) in [6.07, 6.45) is 2.94. The van der Waals surface area contributed by atoms with E-state index in [-0.39, 0.29) is 23.8 Å². The number of carbonyl (C=O) groups is 2. The maximum Gasteiger partial charge on any atom is 0.358 e. The van der Waals surface area contributed by atoms with Crippen LogP contribution in [0.3, 0.4) is 0 Å². The zero-order chi connectivity index (χ0) is 15.6. The van der Waals surface area contributed by atoms with E-state index in [9.17, 15) is 13.8 Å². The number of hydrogen-bond donors (Lipinski definition) is 2. The quantitative estimate of drug-likeness (QED) is 0.742. The van der Waals surface area contributed by atoms with Crippen LogP contribution in [-0.4, -0.2) is 72.3 Å². The van der Waals surface area contributed by atoms with Gasteiger partial charge in [-0.2, -0.15) is 0 Å². The van der Waals surface area contributed by atoms with E-state index in [0.29, 0.717) is 18.8 Å². The van der Waals surface area contributed by atoms with Gasteiger partial charge in [0, 0.05) is 41.9 Å². The summed E-state index contributed by atoms with van der Waals surface area (Å²) in [4.78, 5) is 24.2. The zero-order valence-electron chi connectivity index (χ0n) is 11.7. The number of carboxylic acid groups (broad SMARTS) is 1. The maximum atomic E-state index is 11.9. The number of amides is 2. The Balaban J connectivity index is 1.81. The van der Waals surface area contributed by atoms with E-state index < -0.39 is 16.8 Å². The van der Waals surface area contributed by atoms with E-state index in [1.807, 2.05) is 0 Å². The van der Waals surface area contributed by atoms with Crippen molar-refractivity contribution in [2.24, 2.45) is 0 Å². The highest BCUT2D eigenvalue weighted by atomic mass is 32.2. The highest BCUT2D eigenvalue weighted by Gasteiger charge is 2.33. The lowest BCUT2D eigenvalue weighted by atomic mass is 10.1. The molecule has 0 radical (unpaired) electrons. The monoisotopic (exact) mass is 315 g/mol. The normalized spacial score (nSPS) is 17.9. The zero-order valence-corrected chi connectivity index (χ0v) is 12.5. The Morgan fingerprint density at radius 1 is 1.57 bits per heavy atom. The van der Waals surface area contributed by atoms with Crippen molar-refractivity contribution in [3.05, 3.63) is 11.9 Å². The number of carbonyl (C=O) groups excluding carboxylic acids is 1. The van der Waals surface area contributed by atoms with Crippen molar-refractivity contribution >= 4 is 22.8 Å². The number of aromatic carboxylic acids is 1. The predicted octanol–water partition coefficient (Wildman–Crippen LogP) is -0.690. The Labute approximate surface area is 123 Å². The van der Waals surface area contributed by atoms with Gasteiger partial charge in [-0.15, -0.1) is 5.10 Å². The van der Waals surface area contributed by atoms with Crippen LogP contribution in [0.15, 0.2) is 6.20 Å². The van der Waals surface area contributed by atoms with Crippen LogP contribution in [0, 0.1) is 0 Å². The predicted molar refractivity (Wildman–Crippen MR) is 74.5 cm³/mol. The van der Waals surface area contributed by atoms with Gasteiger partial charge in [0.15, 0.2) is 5.69 Å². The topological polar surface area (TPSA) is 117 Å². The third-order valence-electron chi connectivity index (χ3n) is 3.11. The second kappa shape index (κ2) is 6.20. The molecule has 1 saturated heterocycles. The van der Waals surface area contributed by atoms with Gasteiger partial charge >= 0.3 is 12.0 Å². The van der Waals surface area contributed by atoms with Crippen molar-refractivity contribution in [2.45, 2.75) is 19.0 Å². The van der Waals surface area contributed by atoms with Crippen molar-refractivity contribution in [3.8, 4) is 0 Å². The summed E-state index contributed by atoms with van der Waals surface area (Å²) in [6.45, 7) is 2.68. The number of aromatic nitrogens is 3. The van der Waals surface area contributed by atoms with Crippen molar-refractivity contribution in [3.63, 3.8) is 0 Å². The fourth-order valence-electron chi connectivity index (χ4n) is 2.04. The average molecular weight is 315 g/mol. The molecule has 1 aliphatic heterocycles. The molecule has 9 nitrogen and oxygen atoms in total. The minimum absolute atomic E-state index is 0.0630. The van der Waals surface area contributed by atoms with Crippen molar-refractivity contribution in [2.75, 3.05) is 25.1 Å². The molecule has 116 valence electrons. The van der Waals surface area contributed by atoms with E-state index in [4.69, 9.17) is 5.11 Å². The first kappa shape index (κ1) is 15.4. The Morgan fingerprint density at radius 2 is 2.24 bits per heavy atom. The summed E-state index contributed by atoms with van der Waals surface area (Å²) < 4.78 is 12.5. The first-order valence-electron chi connectivity index (χ1n) is 6.37. The number of rotatable bonds is 5. The summed E-state index contributed by atoms with van der Waals surface area (Å²) in [5.41, 5.74) is -0.114. The molecule has 2 heterocycles. The van der Waals surface area contributed by atoms with Gasteiger partial charge in [0.25, 0.3) is 0 Å². The molecule has 2 atom stereocenters. The van der Waals surface area contributed by atoms with Crippen LogP contribution in [0.1, 0.15) is 23.5 Å². The molecule has 2 amide bonds. The largest absolute Gasteiger partial charge is 0.476 e. The molecular formula is C11H17N5O4S. The maximum absolute atomic E-state index is 11.9. The molecule has 2 rings (SSSR count). The molecule has 0 spiro atoms. The summed E-state index contributed by atoms with van der Waals surface area (Å²) in [5.74, 6) is -0.717. The highest BCUT2D eigenvalue weighted by molar-refractivity contribution is 7.84. The molecule has 2 N–H and O–H groups in total. The third-order valence-corrected chi connectivity index (χ3v) is 4.08. The molecule has 21 heavy (non-hydrogen) atoms. The fraction of sp³-hybridized carbons (Fsp3) is 0.636. The van der Waals surface area contributed by atoms with Gasteiger partial charge in [-0.05, 0) is 6.92 Å². The molecule has 0 aliphatic carbocycles. The van der Waals surface area contributed by atoms with E-state index in [2.05, 4.69) is 15.6 Å². The van der Waals surface area contributed by atoms with Gasteiger partial charge in [-0.1, -0.05) is 5.21 Å². The van der Waals surface area contributed by atoms with Crippen molar-refractivity contribution < 1.29 is 18.9 Å². The Kier molecular flexibility index (Phi) is 4.56. The molecule has 1 aromatic heterocycles. The van der Waals surface area contributed by atoms with E-state index >= 15 is 0 Å². The van der Waals surface area contributed by atoms with Gasteiger partial charge in [0.2, 0.25) is 0 Å². The average Bonchev–Trinajstić information content (AvgIpc) is 2.74. The molecule has 1 aliphatic rings. The molecule has 1 fully saturated rings. The third kappa shape index (κ3) is 3.78. The van der Waals surface area contributed by atoms with E-state index in [0.717, 1.165) is 0 Å². The molecule has 0 aromatic carbocycles. The van der Waals surface area contributed by atoms with Crippen LogP contribution < -0.4 is 5.32 Å². The van der Waals surface area contributed by atoms with Gasteiger partial charge in [-0.3, -0.25) is 4.21 Å². The SMILES string of the molecule is CC(CS(C)=O)NC(=O)N1CC(n2cc(C(=O)O)nn2)C1. The molecule has 0 saturated carbocycles. The first-order chi connectivity index (χ1) is 9.86. The standard InChI is InChI=1S/C11H17N5O4S/c1-7(6-21(2)20)12-11(19)15-3-8(4-15)16-5-9(10(17)18)13-14-16/h5,7-8H,3-4,6H2,1-2H3,(H,12,19)(H,17,18). The smallest absolute Gasteiger partial charge is 0.358 e. The van der Waals surface area contributed by atoms with Crippen LogP contribution in [0.25, 0.3) is 0 Å². The lowest BCUT2D eigenvalue weighted by molar-refractivity contribution is 0.0690. The number of nitrogens with one attached hydrogen (secondary N) is 1. The number of nitrogens with zero attached hydrogens (tertiary/aromatic N) is 4. The summed E-state index contributed by atoms with van der Waals surface area (Å²) in [5, 5.41) is 18.8. The van der Waals surface area contributed by atoms with Crippen LogP contribution in [-0.2, 0) is 10.8 Å². The van der Waals surface area contributed by atoms with E-state index in [1.54, 1.807) is 18.1 Å². The van der Waals surface area contributed by atoms with Gasteiger partial charge in [0.1, 0.15) is 0 Å². The van der Waals surface area contributed by atoms with Crippen LogP contribution >= 0.6 is 0 Å². The number of likely N-dealkylation sites (tertiary alicyclic amines) is 1. The summed E-state index contributed by atoms with van der Waals surface area (Å²) in [7, 11) is -0.959. The van der Waals surface area contributed by atoms with E-state index in [1.165, 1.54) is 10.9 Å². The molecule has 1 aromatic rings. The number of carboxylic acids is 1. The lowest BCUT2D eigenvalue weighted by Crippen LogP contribution is -2.56. The molecule has 10 heteroatoms. The van der Waals surface area contributed by atoms with Gasteiger partial charge in [0.05, 0.1) is 12.2 Å². The number of hydrogen-bond acceptors (Lipinski definition) is 5. The van der Waals surface area contributed by atoms with Crippen LogP contribution in [0.5, 0.6) is 0 Å². The lowest BCUT2D eigenvalue weighted by Gasteiger charge is -2.39. The van der Waals surface area contributed by atoms with Crippen LogP contribution in [0.4, 0.5) is 4.79 Å². The van der Waals surface area contributed by atoms with Gasteiger partial charge in [-0.25, -0.2) is 14.3 Å². The minimum Gasteiger partial charge on any atom is -0.476 e. The molecule has 2 unspecified atom stereocenters. The van der Waals surface area contributed by atoms with Crippen molar-refractivity contribution in [1.29, 1.82) is 0 Å². The Hall–Kier alpha value is -1.97. The second-order valence-electron chi connectivity index (χ2n) is 5.04. The van der Waals surface area contributed by atoms with Crippen molar-refractivity contribution in [1.82, 2.24) is 25.2 Å². The van der Waals surface area contributed by atoms with Crippen LogP contribution in [0.2, 0.25) is 0 Å². The molecular weight excluding hydrogens is 298 g/mol. The number of urea groups is 1. The highest BCUT2D eigenvalue weighted by Crippen LogP contribution is 2.20. The Morgan fingerprint density at radius 3 is 2.76 bits per heavy atom. The fourth-order valence-corrected chi connectivity index (χ4v) is 2.82. The second-order valence-corrected chi connectivity index (χ2v) is 6.52. The molecule has 0 bridgehead atoms.